The summed E-state index contributed by atoms with van der Waals surface area (Å²) in [6, 6.07) is 46.6. The number of hydrogen-bond acceptors (Lipinski definition) is 5. The first-order valence-corrected chi connectivity index (χ1v) is 15.0. The Kier molecular flexibility index (Phi) is 6.28. The van der Waals surface area contributed by atoms with Gasteiger partial charge in [0.05, 0.1) is 22.8 Å². The first-order valence-electron chi connectivity index (χ1n) is 15.0. The zero-order valence-electron chi connectivity index (χ0n) is 24.7. The zero-order valence-corrected chi connectivity index (χ0v) is 24.7. The van der Waals surface area contributed by atoms with Gasteiger partial charge in [-0.05, 0) is 30.3 Å². The Labute approximate surface area is 265 Å². The molecule has 222 valence electrons. The fourth-order valence-electron chi connectivity index (χ4n) is 6.61. The van der Waals surface area contributed by atoms with E-state index >= 15 is 4.79 Å². The highest BCUT2D eigenvalue weighted by molar-refractivity contribution is 6.14. The Bertz CT molecular complexity index is 2080. The topological polar surface area (TPSA) is 117 Å². The molecule has 1 amide bonds. The number of nitrogens with zero attached hydrogens (tertiary/aromatic N) is 4. The summed E-state index contributed by atoms with van der Waals surface area (Å²) in [6.45, 7) is 0. The summed E-state index contributed by atoms with van der Waals surface area (Å²) in [5.74, 6) is 0.354. The van der Waals surface area contributed by atoms with Gasteiger partial charge in [0.1, 0.15) is 17.1 Å². The minimum absolute atomic E-state index is 0.290. The Hall–Kier alpha value is -6.41. The summed E-state index contributed by atoms with van der Waals surface area (Å²) >= 11 is 0. The van der Waals surface area contributed by atoms with E-state index in [1.54, 1.807) is 9.36 Å². The molecule has 8 nitrogen and oxygen atoms in total. The van der Waals surface area contributed by atoms with Crippen molar-refractivity contribution in [1.82, 2.24) is 19.6 Å². The van der Waals surface area contributed by atoms with Crippen LogP contribution in [0.4, 0.5) is 17.3 Å². The van der Waals surface area contributed by atoms with Gasteiger partial charge in [-0.3, -0.25) is 4.79 Å². The van der Waals surface area contributed by atoms with Gasteiger partial charge < -0.3 is 16.8 Å². The summed E-state index contributed by atoms with van der Waals surface area (Å²) in [5, 5.41) is 13.4. The molecule has 7 aromatic rings. The first kappa shape index (κ1) is 27.2. The van der Waals surface area contributed by atoms with E-state index in [-0.39, 0.29) is 5.91 Å². The minimum Gasteiger partial charge on any atom is -0.383 e. The summed E-state index contributed by atoms with van der Waals surface area (Å²) in [7, 11) is 0. The zero-order chi connectivity index (χ0) is 31.3. The van der Waals surface area contributed by atoms with E-state index in [9.17, 15) is 0 Å². The van der Waals surface area contributed by atoms with Gasteiger partial charge in [-0.15, -0.1) is 0 Å². The summed E-state index contributed by atoms with van der Waals surface area (Å²) in [6.07, 6.45) is 0. The molecule has 1 aliphatic heterocycles. The number of para-hydroxylation sites is 3. The molecule has 0 saturated carbocycles. The van der Waals surface area contributed by atoms with Crippen molar-refractivity contribution in [2.24, 2.45) is 0 Å². The van der Waals surface area contributed by atoms with Crippen molar-refractivity contribution in [3.63, 3.8) is 0 Å². The smallest absolute Gasteiger partial charge is 0.244 e. The maximum absolute atomic E-state index is 15.0. The van der Waals surface area contributed by atoms with E-state index in [1.807, 2.05) is 146 Å². The Morgan fingerprint density at radius 3 is 1.37 bits per heavy atom. The molecule has 5 aromatic carbocycles. The maximum Gasteiger partial charge on any atom is 0.244 e. The minimum atomic E-state index is -1.53. The number of carbonyl (C=O) groups is 1. The molecule has 0 aliphatic carbocycles. The molecule has 0 atom stereocenters. The molecule has 0 fully saturated rings. The number of nitrogens with one attached hydrogen (secondary N) is 1. The summed E-state index contributed by atoms with van der Waals surface area (Å²) in [4.78, 5) is 15.0. The van der Waals surface area contributed by atoms with Crippen molar-refractivity contribution >= 4 is 23.2 Å². The molecule has 3 heterocycles. The van der Waals surface area contributed by atoms with E-state index in [0.29, 0.717) is 45.4 Å². The predicted octanol–water partition coefficient (Wildman–Crippen LogP) is 6.84. The number of carbonyl (C=O) groups excluding carboxylic acids is 1. The van der Waals surface area contributed by atoms with Gasteiger partial charge in [-0.25, -0.2) is 9.36 Å². The van der Waals surface area contributed by atoms with Gasteiger partial charge in [0.15, 0.2) is 0 Å². The fraction of sp³-hybridized carbons (Fsp3) is 0.0263. The molecule has 5 N–H and O–H groups in total. The molecule has 0 radical (unpaired) electrons. The number of anilines is 3. The molecule has 1 aliphatic rings. The lowest BCUT2D eigenvalue weighted by molar-refractivity contribution is -0.118. The molecule has 8 rings (SSSR count). The second-order valence-corrected chi connectivity index (χ2v) is 11.2. The number of rotatable bonds is 6. The second-order valence-electron chi connectivity index (χ2n) is 11.2. The third-order valence-electron chi connectivity index (χ3n) is 8.61. The van der Waals surface area contributed by atoms with E-state index < -0.39 is 5.41 Å². The van der Waals surface area contributed by atoms with E-state index in [1.165, 1.54) is 0 Å². The van der Waals surface area contributed by atoms with Crippen LogP contribution >= 0.6 is 0 Å². The molecule has 8 heteroatoms. The molecular formula is C38H29N7O. The summed E-state index contributed by atoms with van der Waals surface area (Å²) < 4.78 is 3.40. The van der Waals surface area contributed by atoms with Crippen molar-refractivity contribution in [1.29, 1.82) is 0 Å². The van der Waals surface area contributed by atoms with Gasteiger partial charge in [0, 0.05) is 33.5 Å². The molecule has 0 spiro atoms. The van der Waals surface area contributed by atoms with Crippen LogP contribution in [0.5, 0.6) is 0 Å². The molecule has 0 unspecified atom stereocenters. The van der Waals surface area contributed by atoms with Crippen LogP contribution in [-0.2, 0) is 10.2 Å². The van der Waals surface area contributed by atoms with Crippen molar-refractivity contribution in [3.8, 4) is 33.9 Å². The lowest BCUT2D eigenvalue weighted by atomic mass is 9.68. The van der Waals surface area contributed by atoms with Gasteiger partial charge >= 0.3 is 0 Å². The van der Waals surface area contributed by atoms with Crippen LogP contribution in [0, 0.1) is 0 Å². The standard InChI is InChI=1S/C38H29N7O/c39-35-31(33(25-15-5-1-6-16-25)42-44(35)27-19-9-3-10-20-27)38(29-23-13-14-24-30(29)41-37(38)46)32-34(26-17-7-2-8-18-26)43-45(36(32)40)28-21-11-4-12-22-28/h1-24H,39-40H2,(H,41,46). The van der Waals surface area contributed by atoms with Crippen LogP contribution in [-0.4, -0.2) is 25.5 Å². The van der Waals surface area contributed by atoms with E-state index in [4.69, 9.17) is 21.7 Å². The van der Waals surface area contributed by atoms with Crippen LogP contribution in [0.3, 0.4) is 0 Å². The quantitative estimate of drug-likeness (QED) is 0.193. The van der Waals surface area contributed by atoms with Crippen LogP contribution in [0.1, 0.15) is 16.7 Å². The van der Waals surface area contributed by atoms with Crippen molar-refractivity contribution in [2.45, 2.75) is 5.41 Å². The third-order valence-corrected chi connectivity index (χ3v) is 8.61. The van der Waals surface area contributed by atoms with Crippen LogP contribution < -0.4 is 16.8 Å². The highest BCUT2D eigenvalue weighted by Gasteiger charge is 2.56. The molecule has 0 saturated heterocycles. The normalized spacial score (nSPS) is 13.3. The molecule has 46 heavy (non-hydrogen) atoms. The van der Waals surface area contributed by atoms with Gasteiger partial charge in [-0.1, -0.05) is 115 Å². The molecule has 2 aromatic heterocycles. The third kappa shape index (κ3) is 3.97. The number of fused-ring (bicyclic) bond motifs is 1. The highest BCUT2D eigenvalue weighted by atomic mass is 16.2. The van der Waals surface area contributed by atoms with Crippen LogP contribution in [0.2, 0.25) is 0 Å². The number of amides is 1. The maximum atomic E-state index is 15.0. The van der Waals surface area contributed by atoms with Gasteiger partial charge in [-0.2, -0.15) is 10.2 Å². The predicted molar refractivity (Wildman–Crippen MR) is 182 cm³/mol. The van der Waals surface area contributed by atoms with E-state index in [0.717, 1.165) is 22.5 Å². The Morgan fingerprint density at radius 2 is 0.913 bits per heavy atom. The number of hydrogen-bond donors (Lipinski definition) is 3. The monoisotopic (exact) mass is 599 g/mol. The lowest BCUT2D eigenvalue weighted by Crippen LogP contribution is -2.39. The number of benzene rings is 5. The second kappa shape index (κ2) is 10.6. The van der Waals surface area contributed by atoms with Crippen LogP contribution in [0.25, 0.3) is 33.9 Å². The first-order chi connectivity index (χ1) is 22.6. The van der Waals surface area contributed by atoms with Crippen molar-refractivity contribution in [2.75, 3.05) is 16.8 Å². The van der Waals surface area contributed by atoms with Crippen molar-refractivity contribution < 1.29 is 4.79 Å². The number of nitrogens with two attached hydrogens (primary N) is 2. The summed E-state index contributed by atoms with van der Waals surface area (Å²) in [5.41, 5.74) is 19.6. The SMILES string of the molecule is Nc1c(C2(c3c(-c4ccccc4)nn(-c4ccccc4)c3N)C(=O)Nc3ccccc32)c(-c2ccccc2)nn1-c1ccccc1. The van der Waals surface area contributed by atoms with Crippen molar-refractivity contribution in [3.05, 3.63) is 162 Å². The lowest BCUT2D eigenvalue weighted by Gasteiger charge is -2.30. The average Bonchev–Trinajstić information content (AvgIpc) is 3.74. The number of nitrogen functional groups attached to an aromatic ring is 2. The molecule has 0 bridgehead atoms. The average molecular weight is 600 g/mol. The number of aromatic nitrogens is 4. The largest absolute Gasteiger partial charge is 0.383 e. The van der Waals surface area contributed by atoms with Crippen LogP contribution in [0.15, 0.2) is 146 Å². The Balaban J connectivity index is 1.56. The fourth-order valence-corrected chi connectivity index (χ4v) is 6.61. The molecular weight excluding hydrogens is 570 g/mol. The van der Waals surface area contributed by atoms with Gasteiger partial charge in [0.25, 0.3) is 0 Å². The highest BCUT2D eigenvalue weighted by Crippen LogP contribution is 2.56. The van der Waals surface area contributed by atoms with Gasteiger partial charge in [0.2, 0.25) is 5.91 Å². The Morgan fingerprint density at radius 1 is 0.522 bits per heavy atom. The van der Waals surface area contributed by atoms with E-state index in [2.05, 4.69) is 5.32 Å².